The van der Waals surface area contributed by atoms with Crippen LogP contribution in [0.15, 0.2) is 30.3 Å². The minimum absolute atomic E-state index is 0.104. The molecular weight excluding hydrogens is 212 g/mol. The number of hydrogen-bond acceptors (Lipinski definition) is 2. The van der Waals surface area contributed by atoms with E-state index in [2.05, 4.69) is 0 Å². The Morgan fingerprint density at radius 1 is 1.24 bits per heavy atom. The molecule has 2 rings (SSSR count). The zero-order chi connectivity index (χ0) is 12.1. The Balaban J connectivity index is 1.97. The van der Waals surface area contributed by atoms with E-state index in [1.165, 1.54) is 6.42 Å². The molecule has 1 aliphatic rings. The van der Waals surface area contributed by atoms with Crippen LogP contribution >= 0.6 is 0 Å². The summed E-state index contributed by atoms with van der Waals surface area (Å²) in [4.78, 5) is 13.8. The van der Waals surface area contributed by atoms with Crippen LogP contribution in [0.1, 0.15) is 24.8 Å². The molecule has 2 N–H and O–H groups in total. The highest BCUT2D eigenvalue weighted by molar-refractivity contribution is 5.91. The number of nitrogen functional groups attached to an aromatic ring is 1. The van der Waals surface area contributed by atoms with Crippen LogP contribution in [0.5, 0.6) is 0 Å². The average Bonchev–Trinajstić information content (AvgIpc) is 2.37. The van der Waals surface area contributed by atoms with Crippen LogP contribution in [0.3, 0.4) is 0 Å². The molecule has 1 saturated heterocycles. The first-order valence-corrected chi connectivity index (χ1v) is 6.08. The first-order valence-electron chi connectivity index (χ1n) is 6.08. The second-order valence-electron chi connectivity index (χ2n) is 4.39. The summed E-state index contributed by atoms with van der Waals surface area (Å²) in [6.07, 6.45) is 6.95. The molecule has 0 unspecified atom stereocenters. The van der Waals surface area contributed by atoms with Gasteiger partial charge in [0, 0.05) is 24.9 Å². The molecule has 0 aliphatic carbocycles. The van der Waals surface area contributed by atoms with Crippen molar-refractivity contribution in [3.8, 4) is 0 Å². The van der Waals surface area contributed by atoms with Gasteiger partial charge in [-0.3, -0.25) is 4.79 Å². The van der Waals surface area contributed by atoms with Crippen molar-refractivity contribution in [2.45, 2.75) is 19.3 Å². The Kier molecular flexibility index (Phi) is 3.81. The third kappa shape index (κ3) is 3.34. The van der Waals surface area contributed by atoms with Crippen molar-refractivity contribution in [1.29, 1.82) is 0 Å². The number of likely N-dealkylation sites (tertiary alicyclic amines) is 1. The lowest BCUT2D eigenvalue weighted by Gasteiger charge is -2.25. The fraction of sp³-hybridized carbons (Fsp3) is 0.357. The number of carbonyl (C=O) groups excluding carboxylic acids is 1. The van der Waals surface area contributed by atoms with Crippen molar-refractivity contribution in [2.75, 3.05) is 18.8 Å². The topological polar surface area (TPSA) is 46.3 Å². The van der Waals surface area contributed by atoms with Crippen LogP contribution in [0.25, 0.3) is 6.08 Å². The predicted molar refractivity (Wildman–Crippen MR) is 70.3 cm³/mol. The van der Waals surface area contributed by atoms with Crippen molar-refractivity contribution in [3.63, 3.8) is 0 Å². The molecule has 0 bridgehead atoms. The maximum Gasteiger partial charge on any atom is 0.246 e. The zero-order valence-electron chi connectivity index (χ0n) is 9.93. The highest BCUT2D eigenvalue weighted by Gasteiger charge is 2.13. The van der Waals surface area contributed by atoms with Gasteiger partial charge in [-0.25, -0.2) is 0 Å². The molecule has 0 atom stereocenters. The van der Waals surface area contributed by atoms with Crippen molar-refractivity contribution < 1.29 is 4.79 Å². The summed E-state index contributed by atoms with van der Waals surface area (Å²) >= 11 is 0. The number of nitrogens with two attached hydrogens (primary N) is 1. The highest BCUT2D eigenvalue weighted by atomic mass is 16.2. The SMILES string of the molecule is Nc1cccc(/C=C/C(=O)N2CCCCC2)c1. The minimum Gasteiger partial charge on any atom is -0.399 e. The number of piperidine rings is 1. The number of amides is 1. The number of nitrogens with zero attached hydrogens (tertiary/aromatic N) is 1. The normalized spacial score (nSPS) is 16.4. The number of benzene rings is 1. The van der Waals surface area contributed by atoms with Crippen LogP contribution in [0.2, 0.25) is 0 Å². The van der Waals surface area contributed by atoms with Gasteiger partial charge in [0.1, 0.15) is 0 Å². The van der Waals surface area contributed by atoms with Crippen LogP contribution in [0.4, 0.5) is 5.69 Å². The van der Waals surface area contributed by atoms with E-state index in [-0.39, 0.29) is 5.91 Å². The van der Waals surface area contributed by atoms with Gasteiger partial charge in [0.15, 0.2) is 0 Å². The van der Waals surface area contributed by atoms with Gasteiger partial charge in [-0.15, -0.1) is 0 Å². The van der Waals surface area contributed by atoms with E-state index >= 15 is 0 Å². The molecule has 3 heteroatoms. The van der Waals surface area contributed by atoms with Crippen LogP contribution < -0.4 is 5.73 Å². The van der Waals surface area contributed by atoms with Gasteiger partial charge in [0.2, 0.25) is 5.91 Å². The Hall–Kier alpha value is -1.77. The largest absolute Gasteiger partial charge is 0.399 e. The molecule has 90 valence electrons. The Morgan fingerprint density at radius 2 is 2.00 bits per heavy atom. The van der Waals surface area contributed by atoms with Gasteiger partial charge in [0.05, 0.1) is 0 Å². The average molecular weight is 230 g/mol. The molecule has 1 heterocycles. The fourth-order valence-electron chi connectivity index (χ4n) is 2.05. The number of hydrogen-bond donors (Lipinski definition) is 1. The Labute approximate surface area is 102 Å². The number of anilines is 1. The molecule has 1 aromatic carbocycles. The third-order valence-electron chi connectivity index (χ3n) is 3.00. The maximum absolute atomic E-state index is 11.9. The fourth-order valence-corrected chi connectivity index (χ4v) is 2.05. The molecule has 0 radical (unpaired) electrons. The summed E-state index contributed by atoms with van der Waals surface area (Å²) in [7, 11) is 0. The summed E-state index contributed by atoms with van der Waals surface area (Å²) in [5.74, 6) is 0.104. The van der Waals surface area contributed by atoms with Gasteiger partial charge >= 0.3 is 0 Å². The first-order chi connectivity index (χ1) is 8.25. The lowest BCUT2D eigenvalue weighted by molar-refractivity contribution is -0.126. The third-order valence-corrected chi connectivity index (χ3v) is 3.00. The van der Waals surface area contributed by atoms with Gasteiger partial charge < -0.3 is 10.6 Å². The van der Waals surface area contributed by atoms with E-state index in [1.807, 2.05) is 35.2 Å². The molecular formula is C14H18N2O. The van der Waals surface area contributed by atoms with Crippen molar-refractivity contribution in [1.82, 2.24) is 4.90 Å². The molecule has 3 nitrogen and oxygen atoms in total. The summed E-state index contributed by atoms with van der Waals surface area (Å²) in [6, 6.07) is 7.53. The summed E-state index contributed by atoms with van der Waals surface area (Å²) < 4.78 is 0. The number of rotatable bonds is 2. The molecule has 1 aromatic rings. The van der Waals surface area contributed by atoms with Gasteiger partial charge in [-0.2, -0.15) is 0 Å². The van der Waals surface area contributed by atoms with E-state index in [0.29, 0.717) is 0 Å². The van der Waals surface area contributed by atoms with Crippen molar-refractivity contribution in [2.24, 2.45) is 0 Å². The smallest absolute Gasteiger partial charge is 0.246 e. The highest BCUT2D eigenvalue weighted by Crippen LogP contribution is 2.11. The molecule has 1 aliphatic heterocycles. The minimum atomic E-state index is 0.104. The van der Waals surface area contributed by atoms with Gasteiger partial charge in [0.25, 0.3) is 0 Å². The second kappa shape index (κ2) is 5.53. The maximum atomic E-state index is 11.9. The van der Waals surface area contributed by atoms with Crippen LogP contribution in [-0.2, 0) is 4.79 Å². The van der Waals surface area contributed by atoms with Crippen molar-refractivity contribution in [3.05, 3.63) is 35.9 Å². The Bertz CT molecular complexity index is 420. The summed E-state index contributed by atoms with van der Waals surface area (Å²) in [5, 5.41) is 0. The van der Waals surface area contributed by atoms with E-state index in [1.54, 1.807) is 6.08 Å². The predicted octanol–water partition coefficient (Wildman–Crippen LogP) is 2.29. The lowest BCUT2D eigenvalue weighted by atomic mass is 10.1. The quantitative estimate of drug-likeness (QED) is 0.626. The van der Waals surface area contributed by atoms with E-state index in [4.69, 9.17) is 5.73 Å². The lowest BCUT2D eigenvalue weighted by Crippen LogP contribution is -2.34. The zero-order valence-corrected chi connectivity index (χ0v) is 9.93. The second-order valence-corrected chi connectivity index (χ2v) is 4.39. The first kappa shape index (κ1) is 11.7. The van der Waals surface area contributed by atoms with E-state index in [9.17, 15) is 4.79 Å². The molecule has 0 aromatic heterocycles. The summed E-state index contributed by atoms with van der Waals surface area (Å²) in [6.45, 7) is 1.78. The van der Waals surface area contributed by atoms with Crippen LogP contribution in [-0.4, -0.2) is 23.9 Å². The van der Waals surface area contributed by atoms with Gasteiger partial charge in [-0.1, -0.05) is 12.1 Å². The number of carbonyl (C=O) groups is 1. The molecule has 0 spiro atoms. The van der Waals surface area contributed by atoms with Crippen LogP contribution in [0, 0.1) is 0 Å². The van der Waals surface area contributed by atoms with Gasteiger partial charge in [-0.05, 0) is 43.0 Å². The van der Waals surface area contributed by atoms with Crippen molar-refractivity contribution >= 4 is 17.7 Å². The standard InChI is InChI=1S/C14H18N2O/c15-13-6-4-5-12(11-13)7-8-14(17)16-9-2-1-3-10-16/h4-8,11H,1-3,9-10,15H2/b8-7+. The monoisotopic (exact) mass is 230 g/mol. The van der Waals surface area contributed by atoms with E-state index in [0.717, 1.165) is 37.2 Å². The molecule has 0 saturated carbocycles. The summed E-state index contributed by atoms with van der Waals surface area (Å²) in [5.41, 5.74) is 7.37. The van der Waals surface area contributed by atoms with E-state index < -0.39 is 0 Å². The Morgan fingerprint density at radius 3 is 2.71 bits per heavy atom. The molecule has 1 amide bonds. The molecule has 17 heavy (non-hydrogen) atoms. The molecule has 1 fully saturated rings.